The van der Waals surface area contributed by atoms with Crippen molar-refractivity contribution in [2.45, 2.75) is 57.5 Å². The standard InChI is InChI=1S/C15H21BO4/c1-13(2)14(3,4)20-16(19-13)12-7-5-6-10-8-15(17,18)9-11(10)12/h5-7,17-18H,8-9H2,1-4H3. The predicted molar refractivity (Wildman–Crippen MR) is 76.7 cm³/mol. The molecule has 4 nitrogen and oxygen atoms in total. The van der Waals surface area contributed by atoms with Gasteiger partial charge in [0.2, 0.25) is 0 Å². The van der Waals surface area contributed by atoms with Gasteiger partial charge < -0.3 is 19.5 Å². The maximum absolute atomic E-state index is 9.86. The topological polar surface area (TPSA) is 58.9 Å². The van der Waals surface area contributed by atoms with Crippen LogP contribution in [0.25, 0.3) is 0 Å². The van der Waals surface area contributed by atoms with Crippen LogP contribution in [0.2, 0.25) is 0 Å². The lowest BCUT2D eigenvalue weighted by molar-refractivity contribution is -0.150. The highest BCUT2D eigenvalue weighted by Crippen LogP contribution is 2.37. The summed E-state index contributed by atoms with van der Waals surface area (Å²) in [6.45, 7) is 8.05. The molecule has 20 heavy (non-hydrogen) atoms. The Morgan fingerprint density at radius 3 is 2.20 bits per heavy atom. The summed E-state index contributed by atoms with van der Waals surface area (Å²) >= 11 is 0. The van der Waals surface area contributed by atoms with E-state index in [-0.39, 0.29) is 12.8 Å². The molecule has 2 N–H and O–H groups in total. The van der Waals surface area contributed by atoms with Gasteiger partial charge in [0.15, 0.2) is 5.79 Å². The number of hydrogen-bond acceptors (Lipinski definition) is 4. The van der Waals surface area contributed by atoms with Gasteiger partial charge in [-0.2, -0.15) is 0 Å². The van der Waals surface area contributed by atoms with E-state index < -0.39 is 24.1 Å². The maximum Gasteiger partial charge on any atom is 0.495 e. The van der Waals surface area contributed by atoms with E-state index in [0.717, 1.165) is 16.6 Å². The molecule has 0 unspecified atom stereocenters. The minimum absolute atomic E-state index is 0.225. The summed E-state index contributed by atoms with van der Waals surface area (Å²) in [6, 6.07) is 5.79. The van der Waals surface area contributed by atoms with Gasteiger partial charge in [-0.3, -0.25) is 0 Å². The predicted octanol–water partition coefficient (Wildman–Crippen LogP) is 0.765. The highest BCUT2D eigenvalue weighted by Gasteiger charge is 2.53. The Kier molecular flexibility index (Phi) is 2.87. The Morgan fingerprint density at radius 2 is 1.60 bits per heavy atom. The zero-order valence-corrected chi connectivity index (χ0v) is 12.4. The molecule has 0 spiro atoms. The first-order chi connectivity index (χ1) is 9.11. The lowest BCUT2D eigenvalue weighted by Crippen LogP contribution is -2.41. The van der Waals surface area contributed by atoms with Crippen LogP contribution in [0.3, 0.4) is 0 Å². The van der Waals surface area contributed by atoms with Gasteiger partial charge in [0.1, 0.15) is 0 Å². The molecule has 5 heteroatoms. The normalized spacial score (nSPS) is 25.8. The second kappa shape index (κ2) is 4.07. The average Bonchev–Trinajstić information content (AvgIpc) is 2.70. The van der Waals surface area contributed by atoms with Crippen molar-refractivity contribution in [1.82, 2.24) is 0 Å². The van der Waals surface area contributed by atoms with Crippen LogP contribution in [-0.2, 0) is 22.2 Å². The van der Waals surface area contributed by atoms with Gasteiger partial charge in [0, 0.05) is 12.8 Å². The van der Waals surface area contributed by atoms with Crippen LogP contribution >= 0.6 is 0 Å². The van der Waals surface area contributed by atoms with Crippen LogP contribution < -0.4 is 5.46 Å². The molecule has 1 heterocycles. The lowest BCUT2D eigenvalue weighted by Gasteiger charge is -2.32. The van der Waals surface area contributed by atoms with Crippen molar-refractivity contribution in [2.24, 2.45) is 0 Å². The molecule has 1 saturated heterocycles. The number of fused-ring (bicyclic) bond motifs is 1. The van der Waals surface area contributed by atoms with Crippen LogP contribution in [-0.4, -0.2) is 34.3 Å². The third-order valence-electron chi connectivity index (χ3n) is 4.75. The van der Waals surface area contributed by atoms with E-state index in [2.05, 4.69) is 0 Å². The third kappa shape index (κ3) is 2.09. The lowest BCUT2D eigenvalue weighted by atomic mass is 9.75. The largest absolute Gasteiger partial charge is 0.495 e. The second-order valence-electron chi connectivity index (χ2n) is 6.91. The van der Waals surface area contributed by atoms with Crippen molar-refractivity contribution < 1.29 is 19.5 Å². The van der Waals surface area contributed by atoms with E-state index in [9.17, 15) is 10.2 Å². The zero-order valence-electron chi connectivity index (χ0n) is 12.4. The van der Waals surface area contributed by atoms with Crippen LogP contribution in [0.1, 0.15) is 38.8 Å². The van der Waals surface area contributed by atoms with Gasteiger partial charge in [-0.1, -0.05) is 18.2 Å². The minimum Gasteiger partial charge on any atom is -0.399 e. The summed E-state index contributed by atoms with van der Waals surface area (Å²) < 4.78 is 12.1. The summed E-state index contributed by atoms with van der Waals surface area (Å²) in [4.78, 5) is 0. The smallest absolute Gasteiger partial charge is 0.399 e. The van der Waals surface area contributed by atoms with Crippen molar-refractivity contribution in [1.29, 1.82) is 0 Å². The molecule has 3 rings (SSSR count). The number of hydrogen-bond donors (Lipinski definition) is 2. The fourth-order valence-electron chi connectivity index (χ4n) is 2.88. The van der Waals surface area contributed by atoms with Gasteiger partial charge in [-0.15, -0.1) is 0 Å². The van der Waals surface area contributed by atoms with E-state index in [1.807, 2.05) is 45.9 Å². The molecule has 0 atom stereocenters. The average molecular weight is 276 g/mol. The Labute approximate surface area is 119 Å². The van der Waals surface area contributed by atoms with E-state index in [0.29, 0.717) is 0 Å². The molecule has 1 aromatic rings. The summed E-state index contributed by atoms with van der Waals surface area (Å²) in [5.41, 5.74) is 2.02. The fraction of sp³-hybridized carbons (Fsp3) is 0.600. The van der Waals surface area contributed by atoms with E-state index >= 15 is 0 Å². The number of rotatable bonds is 1. The molecular weight excluding hydrogens is 255 g/mol. The number of benzene rings is 1. The first kappa shape index (κ1) is 14.1. The molecule has 1 aliphatic carbocycles. The van der Waals surface area contributed by atoms with Crippen molar-refractivity contribution in [2.75, 3.05) is 0 Å². The first-order valence-corrected chi connectivity index (χ1v) is 7.02. The molecule has 0 saturated carbocycles. The van der Waals surface area contributed by atoms with Gasteiger partial charge in [-0.05, 0) is 44.3 Å². The molecule has 2 aliphatic rings. The highest BCUT2D eigenvalue weighted by molar-refractivity contribution is 6.62. The molecule has 1 fully saturated rings. The first-order valence-electron chi connectivity index (χ1n) is 7.02. The zero-order chi connectivity index (χ0) is 14.8. The van der Waals surface area contributed by atoms with E-state index in [4.69, 9.17) is 9.31 Å². The Bertz CT molecular complexity index is 535. The summed E-state index contributed by atoms with van der Waals surface area (Å²) in [5.74, 6) is -1.65. The van der Waals surface area contributed by atoms with Crippen molar-refractivity contribution in [3.63, 3.8) is 0 Å². The van der Waals surface area contributed by atoms with Crippen molar-refractivity contribution >= 4 is 12.6 Å². The summed E-state index contributed by atoms with van der Waals surface area (Å²) in [5, 5.41) is 19.7. The van der Waals surface area contributed by atoms with Crippen molar-refractivity contribution in [3.8, 4) is 0 Å². The Balaban J connectivity index is 1.97. The SMILES string of the molecule is CC1(C)OB(c2cccc3c2CC(O)(O)C3)OC1(C)C. The van der Waals surface area contributed by atoms with Crippen LogP contribution in [0.4, 0.5) is 0 Å². The molecule has 108 valence electrons. The monoisotopic (exact) mass is 276 g/mol. The molecule has 0 amide bonds. The van der Waals surface area contributed by atoms with E-state index in [1.165, 1.54) is 0 Å². The van der Waals surface area contributed by atoms with Crippen LogP contribution in [0.15, 0.2) is 18.2 Å². The third-order valence-corrected chi connectivity index (χ3v) is 4.75. The quantitative estimate of drug-likeness (QED) is 0.587. The van der Waals surface area contributed by atoms with Crippen LogP contribution in [0.5, 0.6) is 0 Å². The minimum atomic E-state index is -1.65. The Hall–Kier alpha value is -0.875. The van der Waals surface area contributed by atoms with Crippen molar-refractivity contribution in [3.05, 3.63) is 29.3 Å². The van der Waals surface area contributed by atoms with Gasteiger partial charge in [0.05, 0.1) is 11.2 Å². The molecule has 1 aliphatic heterocycles. The van der Waals surface area contributed by atoms with Gasteiger partial charge in [0.25, 0.3) is 0 Å². The second-order valence-corrected chi connectivity index (χ2v) is 6.91. The van der Waals surface area contributed by atoms with E-state index in [1.54, 1.807) is 0 Å². The summed E-state index contributed by atoms with van der Waals surface area (Å²) in [7, 11) is -0.455. The maximum atomic E-state index is 9.86. The Morgan fingerprint density at radius 1 is 1.00 bits per heavy atom. The molecule has 0 radical (unpaired) electrons. The molecular formula is C15H21BO4. The van der Waals surface area contributed by atoms with Gasteiger partial charge >= 0.3 is 7.12 Å². The molecule has 1 aromatic carbocycles. The summed E-state index contributed by atoms with van der Waals surface area (Å²) in [6.07, 6.45) is 0.484. The number of aliphatic hydroxyl groups is 2. The van der Waals surface area contributed by atoms with Gasteiger partial charge in [-0.25, -0.2) is 0 Å². The fourth-order valence-corrected chi connectivity index (χ4v) is 2.88. The molecule has 0 bridgehead atoms. The highest BCUT2D eigenvalue weighted by atomic mass is 16.7. The molecule has 0 aromatic heterocycles. The van der Waals surface area contributed by atoms with Crippen LogP contribution in [0, 0.1) is 0 Å².